The Balaban J connectivity index is 3.08. The Kier molecular flexibility index (Phi) is 3.90. The molecule has 1 rings (SSSR count). The molecule has 0 atom stereocenters. The van der Waals surface area contributed by atoms with E-state index in [4.69, 9.17) is 0 Å². The molecule has 0 aliphatic carbocycles. The highest BCUT2D eigenvalue weighted by Crippen LogP contribution is 2.20. The van der Waals surface area contributed by atoms with E-state index in [2.05, 4.69) is 0 Å². The average molecular weight is 276 g/mol. The fraction of sp³-hybridized carbons (Fsp3) is 0.417. The maximum atomic E-state index is 13.0. The SMILES string of the molecule is CC(C)(C)C(=O)CS(=O)(=O)c1ccc(F)c(F)c1. The highest BCUT2D eigenvalue weighted by molar-refractivity contribution is 7.92. The lowest BCUT2D eigenvalue weighted by Gasteiger charge is -2.16. The second-order valence-corrected chi connectivity index (χ2v) is 7.00. The van der Waals surface area contributed by atoms with Crippen LogP contribution < -0.4 is 0 Å². The van der Waals surface area contributed by atoms with Crippen molar-refractivity contribution in [3.8, 4) is 0 Å². The minimum atomic E-state index is -3.94. The number of Topliss-reactive ketones (excluding diaryl/α,β-unsaturated/α-hetero) is 1. The first kappa shape index (κ1) is 14.8. The van der Waals surface area contributed by atoms with Gasteiger partial charge in [0.25, 0.3) is 0 Å². The molecule has 0 spiro atoms. The molecular weight excluding hydrogens is 262 g/mol. The zero-order valence-corrected chi connectivity index (χ0v) is 11.1. The van der Waals surface area contributed by atoms with Gasteiger partial charge in [-0.1, -0.05) is 20.8 Å². The van der Waals surface area contributed by atoms with E-state index in [-0.39, 0.29) is 4.90 Å². The largest absolute Gasteiger partial charge is 0.298 e. The molecule has 0 aromatic heterocycles. The van der Waals surface area contributed by atoms with Crippen molar-refractivity contribution in [1.82, 2.24) is 0 Å². The van der Waals surface area contributed by atoms with Gasteiger partial charge in [0.05, 0.1) is 4.90 Å². The molecule has 0 bridgehead atoms. The molecule has 3 nitrogen and oxygen atoms in total. The molecule has 0 amide bonds. The molecule has 0 aliphatic heterocycles. The smallest absolute Gasteiger partial charge is 0.185 e. The number of carbonyl (C=O) groups is 1. The zero-order chi connectivity index (χ0) is 14.1. The van der Waals surface area contributed by atoms with E-state index in [0.29, 0.717) is 6.07 Å². The van der Waals surface area contributed by atoms with Crippen LogP contribution in [-0.2, 0) is 14.6 Å². The van der Waals surface area contributed by atoms with Crippen LogP contribution in [0.3, 0.4) is 0 Å². The quantitative estimate of drug-likeness (QED) is 0.796. The normalized spacial score (nSPS) is 12.5. The van der Waals surface area contributed by atoms with Gasteiger partial charge in [0, 0.05) is 5.41 Å². The Bertz CT molecular complexity index is 571. The molecule has 6 heteroatoms. The van der Waals surface area contributed by atoms with Crippen LogP contribution in [-0.4, -0.2) is 20.0 Å². The summed E-state index contributed by atoms with van der Waals surface area (Å²) in [4.78, 5) is 11.3. The predicted molar refractivity (Wildman–Crippen MR) is 62.9 cm³/mol. The predicted octanol–water partition coefficient (Wildman–Crippen LogP) is 2.35. The first-order chi connectivity index (χ1) is 8.04. The van der Waals surface area contributed by atoms with Crippen molar-refractivity contribution in [2.75, 3.05) is 5.75 Å². The topological polar surface area (TPSA) is 51.2 Å². The molecule has 0 unspecified atom stereocenters. The van der Waals surface area contributed by atoms with Crippen LogP contribution in [0.1, 0.15) is 20.8 Å². The fourth-order valence-electron chi connectivity index (χ4n) is 1.14. The summed E-state index contributed by atoms with van der Waals surface area (Å²) in [6, 6.07) is 2.26. The van der Waals surface area contributed by atoms with Crippen LogP contribution >= 0.6 is 0 Å². The average Bonchev–Trinajstić information content (AvgIpc) is 2.19. The minimum absolute atomic E-state index is 0.390. The van der Waals surface area contributed by atoms with Crippen molar-refractivity contribution in [2.24, 2.45) is 5.41 Å². The number of sulfone groups is 1. The third-order valence-electron chi connectivity index (χ3n) is 2.41. The van der Waals surface area contributed by atoms with Gasteiger partial charge in [0.2, 0.25) is 0 Å². The second kappa shape index (κ2) is 4.76. The summed E-state index contributed by atoms with van der Waals surface area (Å²) in [5, 5.41) is 0. The van der Waals surface area contributed by atoms with Gasteiger partial charge < -0.3 is 0 Å². The number of halogens is 2. The summed E-state index contributed by atoms with van der Waals surface area (Å²) in [6.07, 6.45) is 0. The Morgan fingerprint density at radius 2 is 1.72 bits per heavy atom. The second-order valence-electron chi connectivity index (χ2n) is 5.01. The summed E-state index contributed by atoms with van der Waals surface area (Å²) in [5.74, 6) is -3.58. The standard InChI is InChI=1S/C12H14F2O3S/c1-12(2,3)11(15)7-18(16,17)8-4-5-9(13)10(14)6-8/h4-6H,7H2,1-3H3. The summed E-state index contributed by atoms with van der Waals surface area (Å²) < 4.78 is 49.3. The number of hydrogen-bond acceptors (Lipinski definition) is 3. The number of carbonyl (C=O) groups excluding carboxylic acids is 1. The molecule has 0 fully saturated rings. The molecule has 0 heterocycles. The molecule has 1 aromatic carbocycles. The Morgan fingerprint density at radius 1 is 1.17 bits per heavy atom. The molecule has 1 aromatic rings. The van der Waals surface area contributed by atoms with Gasteiger partial charge in [0.15, 0.2) is 27.3 Å². The lowest BCUT2D eigenvalue weighted by molar-refractivity contribution is -0.123. The fourth-order valence-corrected chi connectivity index (χ4v) is 2.65. The van der Waals surface area contributed by atoms with Crippen molar-refractivity contribution in [1.29, 1.82) is 0 Å². The molecule has 0 saturated carbocycles. The van der Waals surface area contributed by atoms with Gasteiger partial charge >= 0.3 is 0 Å². The Morgan fingerprint density at radius 3 is 2.17 bits per heavy atom. The first-order valence-corrected chi connectivity index (χ1v) is 6.90. The van der Waals surface area contributed by atoms with Crippen molar-refractivity contribution >= 4 is 15.6 Å². The van der Waals surface area contributed by atoms with E-state index in [1.165, 1.54) is 0 Å². The summed E-state index contributed by atoms with van der Waals surface area (Å²) >= 11 is 0. The summed E-state index contributed by atoms with van der Waals surface area (Å²) in [5.41, 5.74) is -0.800. The van der Waals surface area contributed by atoms with Crippen LogP contribution in [0.2, 0.25) is 0 Å². The molecule has 100 valence electrons. The summed E-state index contributed by atoms with van der Waals surface area (Å²) in [6.45, 7) is 4.78. The third-order valence-corrected chi connectivity index (χ3v) is 4.02. The maximum absolute atomic E-state index is 13.0. The molecule has 0 saturated heterocycles. The van der Waals surface area contributed by atoms with Crippen LogP contribution in [0.4, 0.5) is 8.78 Å². The molecule has 0 N–H and O–H groups in total. The van der Waals surface area contributed by atoms with Gasteiger partial charge in [0.1, 0.15) is 5.75 Å². The van der Waals surface area contributed by atoms with Gasteiger partial charge in [-0.05, 0) is 18.2 Å². The van der Waals surface area contributed by atoms with E-state index in [1.54, 1.807) is 20.8 Å². The van der Waals surface area contributed by atoms with Gasteiger partial charge in [-0.25, -0.2) is 17.2 Å². The minimum Gasteiger partial charge on any atom is -0.298 e. The first-order valence-electron chi connectivity index (χ1n) is 5.25. The van der Waals surface area contributed by atoms with Crippen LogP contribution in [0.15, 0.2) is 23.1 Å². The molecule has 0 aliphatic rings. The van der Waals surface area contributed by atoms with Crippen LogP contribution in [0, 0.1) is 17.0 Å². The molecule has 0 radical (unpaired) electrons. The van der Waals surface area contributed by atoms with Crippen molar-refractivity contribution in [3.63, 3.8) is 0 Å². The zero-order valence-electron chi connectivity index (χ0n) is 10.3. The van der Waals surface area contributed by atoms with E-state index < -0.39 is 38.4 Å². The number of hydrogen-bond donors (Lipinski definition) is 0. The van der Waals surface area contributed by atoms with E-state index >= 15 is 0 Å². The van der Waals surface area contributed by atoms with Crippen LogP contribution in [0.25, 0.3) is 0 Å². The van der Waals surface area contributed by atoms with Gasteiger partial charge in [-0.15, -0.1) is 0 Å². The highest BCUT2D eigenvalue weighted by Gasteiger charge is 2.28. The summed E-state index contributed by atoms with van der Waals surface area (Å²) in [7, 11) is -3.94. The number of benzene rings is 1. The number of rotatable bonds is 3. The number of ketones is 1. The Labute approximate surface area is 105 Å². The van der Waals surface area contributed by atoms with E-state index in [0.717, 1.165) is 12.1 Å². The van der Waals surface area contributed by atoms with Crippen molar-refractivity contribution in [3.05, 3.63) is 29.8 Å². The maximum Gasteiger partial charge on any atom is 0.185 e. The lowest BCUT2D eigenvalue weighted by atomic mass is 9.92. The van der Waals surface area contributed by atoms with Crippen molar-refractivity contribution in [2.45, 2.75) is 25.7 Å². The lowest BCUT2D eigenvalue weighted by Crippen LogP contribution is -2.28. The molecule has 18 heavy (non-hydrogen) atoms. The molecular formula is C12H14F2O3S. The van der Waals surface area contributed by atoms with E-state index in [9.17, 15) is 22.0 Å². The third kappa shape index (κ3) is 3.35. The monoisotopic (exact) mass is 276 g/mol. The van der Waals surface area contributed by atoms with Crippen LogP contribution in [0.5, 0.6) is 0 Å². The Hall–Kier alpha value is -1.30. The van der Waals surface area contributed by atoms with Gasteiger partial charge in [-0.3, -0.25) is 4.79 Å². The van der Waals surface area contributed by atoms with E-state index in [1.807, 2.05) is 0 Å². The van der Waals surface area contributed by atoms with Crippen molar-refractivity contribution < 1.29 is 22.0 Å². The van der Waals surface area contributed by atoms with Gasteiger partial charge in [-0.2, -0.15) is 0 Å². The highest BCUT2D eigenvalue weighted by atomic mass is 32.2.